The van der Waals surface area contributed by atoms with Gasteiger partial charge < -0.3 is 9.88 Å². The maximum Gasteiger partial charge on any atom is 0.251 e. The summed E-state index contributed by atoms with van der Waals surface area (Å²) < 4.78 is 15.7. The van der Waals surface area contributed by atoms with Crippen LogP contribution in [-0.2, 0) is 6.54 Å². The van der Waals surface area contributed by atoms with Gasteiger partial charge in [0.2, 0.25) is 0 Å². The predicted molar refractivity (Wildman–Crippen MR) is 80.7 cm³/mol. The number of fused-ring (bicyclic) bond motifs is 1. The van der Waals surface area contributed by atoms with Crippen molar-refractivity contribution in [2.45, 2.75) is 6.54 Å². The highest BCUT2D eigenvalue weighted by Crippen LogP contribution is 2.21. The number of nitrogens with zero attached hydrogens (tertiary/aromatic N) is 1. The third-order valence-electron chi connectivity index (χ3n) is 3.44. The summed E-state index contributed by atoms with van der Waals surface area (Å²) >= 11 is 0. The van der Waals surface area contributed by atoms with Crippen LogP contribution >= 0.6 is 0 Å². The molecule has 1 amide bonds. The Hall–Kier alpha value is -2.62. The molecule has 3 aromatic rings. The number of halogens is 1. The van der Waals surface area contributed by atoms with E-state index in [0.717, 1.165) is 0 Å². The monoisotopic (exact) mass is 282 g/mol. The first-order valence-corrected chi connectivity index (χ1v) is 6.82. The normalized spacial score (nSPS) is 10.7. The van der Waals surface area contributed by atoms with Gasteiger partial charge in [0.1, 0.15) is 5.82 Å². The first kappa shape index (κ1) is 13.4. The number of hydrogen-bond donors (Lipinski definition) is 1. The van der Waals surface area contributed by atoms with Crippen LogP contribution < -0.4 is 5.32 Å². The Morgan fingerprint density at radius 1 is 1.00 bits per heavy atom. The molecule has 0 fully saturated rings. The van der Waals surface area contributed by atoms with E-state index < -0.39 is 0 Å². The minimum Gasteiger partial charge on any atom is -0.353 e. The van der Waals surface area contributed by atoms with Crippen LogP contribution in [0.15, 0.2) is 60.9 Å². The van der Waals surface area contributed by atoms with Crippen LogP contribution in [0.25, 0.3) is 10.8 Å². The Balaban J connectivity index is 1.77. The second-order valence-electron chi connectivity index (χ2n) is 4.82. The van der Waals surface area contributed by atoms with E-state index in [1.54, 1.807) is 24.3 Å². The van der Waals surface area contributed by atoms with Crippen LogP contribution in [0.3, 0.4) is 0 Å². The van der Waals surface area contributed by atoms with Crippen molar-refractivity contribution in [3.63, 3.8) is 0 Å². The van der Waals surface area contributed by atoms with Crippen LogP contribution in [0.2, 0.25) is 0 Å². The van der Waals surface area contributed by atoms with Crippen LogP contribution in [0.1, 0.15) is 10.4 Å². The van der Waals surface area contributed by atoms with Crippen molar-refractivity contribution in [2.24, 2.45) is 0 Å². The van der Waals surface area contributed by atoms with E-state index in [2.05, 4.69) is 5.32 Å². The summed E-state index contributed by atoms with van der Waals surface area (Å²) in [4.78, 5) is 12.3. The summed E-state index contributed by atoms with van der Waals surface area (Å²) in [6, 6.07) is 13.8. The average molecular weight is 282 g/mol. The minimum atomic E-state index is -0.311. The zero-order valence-electron chi connectivity index (χ0n) is 11.4. The summed E-state index contributed by atoms with van der Waals surface area (Å²) in [5.74, 6) is -0.493. The fraction of sp³-hybridized carbons (Fsp3) is 0.118. The molecule has 0 atom stereocenters. The first-order valence-electron chi connectivity index (χ1n) is 6.82. The smallest absolute Gasteiger partial charge is 0.251 e. The molecule has 4 heteroatoms. The third-order valence-corrected chi connectivity index (χ3v) is 3.44. The first-order chi connectivity index (χ1) is 10.3. The van der Waals surface area contributed by atoms with E-state index in [0.29, 0.717) is 29.4 Å². The highest BCUT2D eigenvalue weighted by molar-refractivity contribution is 6.07. The SMILES string of the molecule is O=C(NCCn1cccc1)c1ccc(F)c2ccccc12. The average Bonchev–Trinajstić information content (AvgIpc) is 3.01. The predicted octanol–water partition coefficient (Wildman–Crippen LogP) is 3.21. The van der Waals surface area contributed by atoms with Gasteiger partial charge in [0, 0.05) is 36.4 Å². The van der Waals surface area contributed by atoms with E-state index in [4.69, 9.17) is 0 Å². The molecule has 0 aliphatic carbocycles. The van der Waals surface area contributed by atoms with E-state index in [9.17, 15) is 9.18 Å². The lowest BCUT2D eigenvalue weighted by Gasteiger charge is -2.09. The molecule has 21 heavy (non-hydrogen) atoms. The van der Waals surface area contributed by atoms with Gasteiger partial charge >= 0.3 is 0 Å². The third kappa shape index (κ3) is 2.79. The topological polar surface area (TPSA) is 34.0 Å². The van der Waals surface area contributed by atoms with Crippen molar-refractivity contribution >= 4 is 16.7 Å². The molecule has 0 radical (unpaired) electrons. The summed E-state index contributed by atoms with van der Waals surface area (Å²) in [6.45, 7) is 1.23. The molecule has 106 valence electrons. The van der Waals surface area contributed by atoms with Crippen molar-refractivity contribution in [3.05, 3.63) is 72.3 Å². The molecule has 0 unspecified atom stereocenters. The van der Waals surface area contributed by atoms with Crippen LogP contribution in [-0.4, -0.2) is 17.0 Å². The van der Waals surface area contributed by atoms with Gasteiger partial charge in [-0.05, 0) is 29.7 Å². The maximum atomic E-state index is 13.7. The van der Waals surface area contributed by atoms with Crippen molar-refractivity contribution in [1.29, 1.82) is 0 Å². The van der Waals surface area contributed by atoms with Crippen molar-refractivity contribution in [1.82, 2.24) is 9.88 Å². The van der Waals surface area contributed by atoms with Crippen LogP contribution in [0.5, 0.6) is 0 Å². The summed E-state index contributed by atoms with van der Waals surface area (Å²) in [7, 11) is 0. The largest absolute Gasteiger partial charge is 0.353 e. The van der Waals surface area contributed by atoms with Gasteiger partial charge in [0.25, 0.3) is 5.91 Å². The molecule has 3 nitrogen and oxygen atoms in total. The van der Waals surface area contributed by atoms with Crippen LogP contribution in [0.4, 0.5) is 4.39 Å². The molecular formula is C17H15FN2O. The van der Waals surface area contributed by atoms with Gasteiger partial charge in [-0.3, -0.25) is 4.79 Å². The molecule has 0 bridgehead atoms. The molecule has 1 heterocycles. The highest BCUT2D eigenvalue weighted by Gasteiger charge is 2.11. The number of amides is 1. The molecule has 0 saturated heterocycles. The molecular weight excluding hydrogens is 267 g/mol. The van der Waals surface area contributed by atoms with E-state index >= 15 is 0 Å². The van der Waals surface area contributed by atoms with Crippen LogP contribution in [0, 0.1) is 5.82 Å². The second kappa shape index (κ2) is 5.79. The quantitative estimate of drug-likeness (QED) is 0.783. The molecule has 0 spiro atoms. The lowest BCUT2D eigenvalue weighted by atomic mass is 10.0. The minimum absolute atomic E-state index is 0.182. The number of aromatic nitrogens is 1. The fourth-order valence-corrected chi connectivity index (χ4v) is 2.37. The summed E-state index contributed by atoms with van der Waals surface area (Å²) in [5, 5.41) is 3.97. The highest BCUT2D eigenvalue weighted by atomic mass is 19.1. The van der Waals surface area contributed by atoms with Gasteiger partial charge in [-0.1, -0.05) is 24.3 Å². The fourth-order valence-electron chi connectivity index (χ4n) is 2.37. The summed E-state index contributed by atoms with van der Waals surface area (Å²) in [6.07, 6.45) is 3.89. The Morgan fingerprint density at radius 3 is 2.48 bits per heavy atom. The van der Waals surface area contributed by atoms with Crippen molar-refractivity contribution < 1.29 is 9.18 Å². The van der Waals surface area contributed by atoms with E-state index in [1.807, 2.05) is 29.1 Å². The summed E-state index contributed by atoms with van der Waals surface area (Å²) in [5.41, 5.74) is 0.500. The second-order valence-corrected chi connectivity index (χ2v) is 4.82. The zero-order chi connectivity index (χ0) is 14.7. The number of rotatable bonds is 4. The van der Waals surface area contributed by atoms with E-state index in [-0.39, 0.29) is 11.7 Å². The lowest BCUT2D eigenvalue weighted by molar-refractivity contribution is 0.0954. The van der Waals surface area contributed by atoms with Crippen molar-refractivity contribution in [2.75, 3.05) is 6.54 Å². The Bertz CT molecular complexity index is 766. The van der Waals surface area contributed by atoms with Gasteiger partial charge in [-0.15, -0.1) is 0 Å². The number of carbonyl (C=O) groups is 1. The molecule has 0 aliphatic heterocycles. The van der Waals surface area contributed by atoms with Gasteiger partial charge in [-0.2, -0.15) is 0 Å². The standard InChI is InChI=1S/C17H15FN2O/c18-16-8-7-15(13-5-1-2-6-14(13)16)17(21)19-9-12-20-10-3-4-11-20/h1-8,10-11H,9,12H2,(H,19,21). The van der Waals surface area contributed by atoms with E-state index in [1.165, 1.54) is 12.1 Å². The van der Waals surface area contributed by atoms with Gasteiger partial charge in [-0.25, -0.2) is 4.39 Å². The zero-order valence-corrected chi connectivity index (χ0v) is 11.4. The Morgan fingerprint density at radius 2 is 1.71 bits per heavy atom. The molecule has 0 aliphatic rings. The molecule has 0 saturated carbocycles. The molecule has 1 N–H and O–H groups in total. The Kier molecular flexibility index (Phi) is 3.69. The van der Waals surface area contributed by atoms with Gasteiger partial charge in [0.05, 0.1) is 0 Å². The number of nitrogens with one attached hydrogen (secondary N) is 1. The Labute approximate surface area is 122 Å². The number of carbonyl (C=O) groups excluding carboxylic acids is 1. The lowest BCUT2D eigenvalue weighted by Crippen LogP contribution is -2.27. The maximum absolute atomic E-state index is 13.7. The number of benzene rings is 2. The molecule has 2 aromatic carbocycles. The van der Waals surface area contributed by atoms with Gasteiger partial charge in [0.15, 0.2) is 0 Å². The molecule has 3 rings (SSSR count). The number of hydrogen-bond acceptors (Lipinski definition) is 1. The molecule has 1 aromatic heterocycles. The van der Waals surface area contributed by atoms with Crippen molar-refractivity contribution in [3.8, 4) is 0 Å².